The summed E-state index contributed by atoms with van der Waals surface area (Å²) in [6, 6.07) is 7.30. The first-order valence-electron chi connectivity index (χ1n) is 11.5. The maximum Gasteiger partial charge on any atom is 0.255 e. The van der Waals surface area contributed by atoms with Crippen molar-refractivity contribution in [2.24, 2.45) is 5.92 Å². The van der Waals surface area contributed by atoms with Crippen LogP contribution in [-0.4, -0.2) is 48.8 Å². The lowest BCUT2D eigenvalue weighted by molar-refractivity contribution is -0.0146. The van der Waals surface area contributed by atoms with Crippen molar-refractivity contribution in [3.8, 4) is 22.8 Å². The fraction of sp³-hybridized carbons (Fsp3) is 0.385. The van der Waals surface area contributed by atoms with Gasteiger partial charge in [0.05, 0.1) is 46.6 Å². The summed E-state index contributed by atoms with van der Waals surface area (Å²) in [5.41, 5.74) is 3.68. The Morgan fingerprint density at radius 2 is 2.06 bits per heavy atom. The first-order valence-corrected chi connectivity index (χ1v) is 11.9. The van der Waals surface area contributed by atoms with Gasteiger partial charge in [-0.25, -0.2) is 0 Å². The number of pyridine rings is 1. The highest BCUT2D eigenvalue weighted by atomic mass is 35.5. The highest BCUT2D eigenvalue weighted by Gasteiger charge is 2.30. The number of fused-ring (bicyclic) bond motifs is 1. The molecule has 0 aliphatic carbocycles. The molecule has 1 aromatic carbocycles. The number of nitrogens with one attached hydrogen (secondary N) is 3. The molecule has 3 N–H and O–H groups in total. The summed E-state index contributed by atoms with van der Waals surface area (Å²) in [6.45, 7) is 6.93. The maximum absolute atomic E-state index is 13.2. The van der Waals surface area contributed by atoms with Gasteiger partial charge in [-0.3, -0.25) is 9.78 Å². The van der Waals surface area contributed by atoms with Gasteiger partial charge in [-0.1, -0.05) is 24.6 Å². The van der Waals surface area contributed by atoms with Crippen molar-refractivity contribution < 1.29 is 19.0 Å². The first kappa shape index (κ1) is 24.9. The number of benzene rings is 1. The fourth-order valence-corrected chi connectivity index (χ4v) is 4.27. The third kappa shape index (κ3) is 5.23. The van der Waals surface area contributed by atoms with E-state index in [0.717, 1.165) is 11.3 Å². The van der Waals surface area contributed by atoms with Crippen molar-refractivity contribution in [3.05, 3.63) is 52.9 Å². The lowest BCUT2D eigenvalue weighted by atomic mass is 10.0. The van der Waals surface area contributed by atoms with E-state index in [2.05, 4.69) is 27.5 Å². The quantitative estimate of drug-likeness (QED) is 0.394. The van der Waals surface area contributed by atoms with Crippen LogP contribution in [0, 0.1) is 5.92 Å². The molecule has 3 heterocycles. The summed E-state index contributed by atoms with van der Waals surface area (Å²) in [7, 11) is 3.21. The van der Waals surface area contributed by atoms with Gasteiger partial charge in [0.15, 0.2) is 5.75 Å². The number of hydrogen-bond acceptors (Lipinski definition) is 6. The van der Waals surface area contributed by atoms with Crippen LogP contribution in [-0.2, 0) is 11.2 Å². The number of hydrogen-bond donors (Lipinski definition) is 3. The predicted octanol–water partition coefficient (Wildman–Crippen LogP) is 5.21. The van der Waals surface area contributed by atoms with Crippen LogP contribution in [0.5, 0.6) is 11.5 Å². The van der Waals surface area contributed by atoms with E-state index in [9.17, 15) is 4.79 Å². The van der Waals surface area contributed by atoms with Crippen LogP contribution in [0.15, 0.2) is 36.7 Å². The number of aromatic amines is 1. The molecule has 0 saturated carbocycles. The zero-order chi connectivity index (χ0) is 25.2. The molecule has 0 radical (unpaired) electrons. The second-order valence-electron chi connectivity index (χ2n) is 9.32. The standard InChI is InChI=1S/C26H31ClN4O4/c1-15-11-19-21(25(32)29-12-15)23(30-18-8-6-7-17(27)24(18)33-4)22(31-19)16-9-10-28-13-20(16)35-14-26(2,3)34-5/h6-10,13,15,30-31H,11-12,14H2,1-5H3,(H,29,32)/t15-/m1/s1. The van der Waals surface area contributed by atoms with E-state index in [1.54, 1.807) is 32.7 Å². The molecule has 0 spiro atoms. The number of methoxy groups -OCH3 is 2. The van der Waals surface area contributed by atoms with E-state index >= 15 is 0 Å². The van der Waals surface area contributed by atoms with E-state index < -0.39 is 5.60 Å². The van der Waals surface area contributed by atoms with Crippen LogP contribution < -0.4 is 20.1 Å². The van der Waals surface area contributed by atoms with Gasteiger partial charge in [-0.15, -0.1) is 0 Å². The lowest BCUT2D eigenvalue weighted by Crippen LogP contribution is -2.30. The number of anilines is 2. The Balaban J connectivity index is 1.86. The van der Waals surface area contributed by atoms with Crippen LogP contribution in [0.1, 0.15) is 36.8 Å². The van der Waals surface area contributed by atoms with E-state index in [1.807, 2.05) is 32.0 Å². The number of H-pyrrole nitrogens is 1. The SMILES string of the molecule is COc1c(Cl)cccc1Nc1c(-c2ccncc2OCC(C)(C)OC)[nH]c2c1C(=O)NC[C@H](C)C2. The van der Waals surface area contributed by atoms with E-state index in [-0.39, 0.29) is 11.8 Å². The summed E-state index contributed by atoms with van der Waals surface area (Å²) in [4.78, 5) is 21.0. The molecule has 1 amide bonds. The minimum Gasteiger partial charge on any atom is -0.493 e. The van der Waals surface area contributed by atoms with Crippen LogP contribution in [0.25, 0.3) is 11.3 Å². The smallest absolute Gasteiger partial charge is 0.255 e. The lowest BCUT2D eigenvalue weighted by Gasteiger charge is -2.23. The summed E-state index contributed by atoms with van der Waals surface area (Å²) >= 11 is 6.37. The first-order chi connectivity index (χ1) is 16.7. The predicted molar refractivity (Wildman–Crippen MR) is 137 cm³/mol. The number of halogens is 1. The van der Waals surface area contributed by atoms with E-state index in [1.165, 1.54) is 0 Å². The minimum absolute atomic E-state index is 0.146. The van der Waals surface area contributed by atoms with Gasteiger partial charge in [0.1, 0.15) is 12.4 Å². The zero-order valence-corrected chi connectivity index (χ0v) is 21.4. The van der Waals surface area contributed by atoms with Crippen molar-refractivity contribution in [2.45, 2.75) is 32.8 Å². The van der Waals surface area contributed by atoms with E-state index in [4.69, 9.17) is 25.8 Å². The Bertz CT molecular complexity index is 1220. The number of aromatic nitrogens is 2. The monoisotopic (exact) mass is 498 g/mol. The fourth-order valence-electron chi connectivity index (χ4n) is 4.02. The van der Waals surface area contributed by atoms with Gasteiger partial charge in [0.25, 0.3) is 5.91 Å². The highest BCUT2D eigenvalue weighted by molar-refractivity contribution is 6.32. The Labute approximate surface area is 210 Å². The summed E-state index contributed by atoms with van der Waals surface area (Å²) < 4.78 is 17.2. The average molecular weight is 499 g/mol. The number of para-hydroxylation sites is 1. The number of amides is 1. The summed E-state index contributed by atoms with van der Waals surface area (Å²) in [5.74, 6) is 1.19. The van der Waals surface area contributed by atoms with Crippen LogP contribution >= 0.6 is 11.6 Å². The third-order valence-corrected chi connectivity index (χ3v) is 6.38. The molecule has 1 aliphatic rings. The number of nitrogens with zero attached hydrogens (tertiary/aromatic N) is 1. The molecule has 3 aromatic rings. The Morgan fingerprint density at radius 3 is 2.80 bits per heavy atom. The summed E-state index contributed by atoms with van der Waals surface area (Å²) in [6.07, 6.45) is 4.08. The van der Waals surface area contributed by atoms with Crippen molar-refractivity contribution in [3.63, 3.8) is 0 Å². The zero-order valence-electron chi connectivity index (χ0n) is 20.6. The topological polar surface area (TPSA) is 97.5 Å². The molecule has 9 heteroatoms. The molecule has 0 unspecified atom stereocenters. The Kier molecular flexibility index (Phi) is 7.23. The second kappa shape index (κ2) is 10.2. The maximum atomic E-state index is 13.2. The molecule has 1 aliphatic heterocycles. The molecule has 0 saturated heterocycles. The molecule has 4 rings (SSSR count). The van der Waals surface area contributed by atoms with E-state index in [0.29, 0.717) is 58.7 Å². The van der Waals surface area contributed by atoms with Gasteiger partial charge < -0.3 is 29.8 Å². The molecule has 0 fully saturated rings. The normalized spacial score (nSPS) is 15.7. The van der Waals surface area contributed by atoms with Gasteiger partial charge in [0.2, 0.25) is 0 Å². The molecule has 2 aromatic heterocycles. The Hall–Kier alpha value is -3.23. The molecule has 1 atom stereocenters. The number of rotatable bonds is 8. The summed E-state index contributed by atoms with van der Waals surface area (Å²) in [5, 5.41) is 6.92. The van der Waals surface area contributed by atoms with Gasteiger partial charge in [-0.05, 0) is 44.4 Å². The molecule has 8 nitrogen and oxygen atoms in total. The molecular weight excluding hydrogens is 468 g/mol. The highest BCUT2D eigenvalue weighted by Crippen LogP contribution is 2.43. The van der Waals surface area contributed by atoms with Crippen LogP contribution in [0.3, 0.4) is 0 Å². The number of carbonyl (C=O) groups is 1. The largest absolute Gasteiger partial charge is 0.493 e. The van der Waals surface area contributed by atoms with Crippen molar-refractivity contribution in [2.75, 3.05) is 32.7 Å². The molecular formula is C26H31ClN4O4. The third-order valence-electron chi connectivity index (χ3n) is 6.08. The second-order valence-corrected chi connectivity index (χ2v) is 9.73. The molecule has 186 valence electrons. The van der Waals surface area contributed by atoms with Crippen molar-refractivity contribution in [1.82, 2.24) is 15.3 Å². The number of ether oxygens (including phenoxy) is 3. The van der Waals surface area contributed by atoms with Gasteiger partial charge >= 0.3 is 0 Å². The van der Waals surface area contributed by atoms with Gasteiger partial charge in [-0.2, -0.15) is 0 Å². The molecule has 35 heavy (non-hydrogen) atoms. The minimum atomic E-state index is -0.482. The van der Waals surface area contributed by atoms with Gasteiger partial charge in [0, 0.05) is 31.1 Å². The Morgan fingerprint density at radius 1 is 1.26 bits per heavy atom. The number of carbonyl (C=O) groups excluding carboxylic acids is 1. The van der Waals surface area contributed by atoms with Crippen LogP contribution in [0.4, 0.5) is 11.4 Å². The average Bonchev–Trinajstić information content (AvgIpc) is 3.11. The van der Waals surface area contributed by atoms with Crippen LogP contribution in [0.2, 0.25) is 5.02 Å². The molecule has 0 bridgehead atoms. The van der Waals surface area contributed by atoms with Crippen molar-refractivity contribution >= 4 is 28.9 Å². The van der Waals surface area contributed by atoms with Crippen molar-refractivity contribution in [1.29, 1.82) is 0 Å².